The fourth-order valence-corrected chi connectivity index (χ4v) is 2.48. The van der Waals surface area contributed by atoms with E-state index >= 15 is 0 Å². The van der Waals surface area contributed by atoms with Crippen LogP contribution < -0.4 is 11.1 Å². The summed E-state index contributed by atoms with van der Waals surface area (Å²) in [5, 5.41) is 3.40. The fourth-order valence-electron chi connectivity index (χ4n) is 2.48. The van der Waals surface area contributed by atoms with Crippen molar-refractivity contribution in [1.82, 2.24) is 5.32 Å². The minimum atomic E-state index is 0.367. The standard InChI is InChI=1S/C16H28N2/c1-5-12(3)14-7-9-15(10-8-14)16(18-4)13(6-2)11-17/h7-10,12-13,16,18H,5-6,11,17H2,1-4H3. The molecule has 18 heavy (non-hydrogen) atoms. The molecule has 1 rings (SSSR count). The molecule has 3 atom stereocenters. The summed E-state index contributed by atoms with van der Waals surface area (Å²) in [5.41, 5.74) is 8.63. The molecule has 0 aliphatic heterocycles. The van der Waals surface area contributed by atoms with Gasteiger partial charge in [0.15, 0.2) is 0 Å². The summed E-state index contributed by atoms with van der Waals surface area (Å²) in [6.07, 6.45) is 2.30. The molecule has 0 saturated heterocycles. The summed E-state index contributed by atoms with van der Waals surface area (Å²) in [5.74, 6) is 1.15. The summed E-state index contributed by atoms with van der Waals surface area (Å²) in [6.45, 7) is 7.44. The lowest BCUT2D eigenvalue weighted by Gasteiger charge is -2.25. The lowest BCUT2D eigenvalue weighted by molar-refractivity contribution is 0.378. The van der Waals surface area contributed by atoms with Crippen LogP contribution in [0.2, 0.25) is 0 Å². The van der Waals surface area contributed by atoms with Crippen molar-refractivity contribution < 1.29 is 0 Å². The van der Waals surface area contributed by atoms with Gasteiger partial charge in [-0.15, -0.1) is 0 Å². The Morgan fingerprint density at radius 2 is 1.61 bits per heavy atom. The highest BCUT2D eigenvalue weighted by Gasteiger charge is 2.18. The van der Waals surface area contributed by atoms with Crippen molar-refractivity contribution in [3.8, 4) is 0 Å². The third-order valence-corrected chi connectivity index (χ3v) is 4.09. The van der Waals surface area contributed by atoms with Gasteiger partial charge >= 0.3 is 0 Å². The van der Waals surface area contributed by atoms with E-state index in [1.54, 1.807) is 0 Å². The Bertz CT molecular complexity index is 327. The molecule has 2 heteroatoms. The number of nitrogens with two attached hydrogens (primary N) is 1. The van der Waals surface area contributed by atoms with Gasteiger partial charge < -0.3 is 11.1 Å². The van der Waals surface area contributed by atoms with E-state index in [1.165, 1.54) is 17.5 Å². The molecular formula is C16H28N2. The predicted octanol–water partition coefficient (Wildman–Crippen LogP) is 3.45. The lowest BCUT2D eigenvalue weighted by Crippen LogP contribution is -2.30. The van der Waals surface area contributed by atoms with Crippen molar-refractivity contribution in [2.75, 3.05) is 13.6 Å². The molecule has 0 aliphatic rings. The molecule has 3 unspecified atom stereocenters. The molecule has 102 valence electrons. The van der Waals surface area contributed by atoms with Gasteiger partial charge in [-0.1, -0.05) is 51.5 Å². The van der Waals surface area contributed by atoms with Crippen LogP contribution in [0, 0.1) is 5.92 Å². The van der Waals surface area contributed by atoms with Crippen LogP contribution in [0.1, 0.15) is 56.7 Å². The smallest absolute Gasteiger partial charge is 0.0358 e. The molecule has 3 N–H and O–H groups in total. The Hall–Kier alpha value is -0.860. The highest BCUT2D eigenvalue weighted by atomic mass is 14.9. The SMILES string of the molecule is CCC(C)c1ccc(C(NC)C(CC)CN)cc1. The van der Waals surface area contributed by atoms with Gasteiger partial charge in [0.2, 0.25) is 0 Å². The number of rotatable bonds is 7. The van der Waals surface area contributed by atoms with Gasteiger partial charge in [0.05, 0.1) is 0 Å². The van der Waals surface area contributed by atoms with E-state index in [0.29, 0.717) is 17.9 Å². The Morgan fingerprint density at radius 1 is 1.06 bits per heavy atom. The van der Waals surface area contributed by atoms with Gasteiger partial charge in [-0.3, -0.25) is 0 Å². The van der Waals surface area contributed by atoms with Crippen LogP contribution in [0.3, 0.4) is 0 Å². The first-order chi connectivity index (χ1) is 8.67. The van der Waals surface area contributed by atoms with Crippen LogP contribution in [0.25, 0.3) is 0 Å². The first-order valence-corrected chi connectivity index (χ1v) is 7.15. The van der Waals surface area contributed by atoms with Crippen LogP contribution in [0.15, 0.2) is 24.3 Å². The maximum Gasteiger partial charge on any atom is 0.0358 e. The van der Waals surface area contributed by atoms with Crippen LogP contribution in [0.4, 0.5) is 0 Å². The quantitative estimate of drug-likeness (QED) is 0.775. The molecule has 2 nitrogen and oxygen atoms in total. The average molecular weight is 248 g/mol. The molecule has 0 spiro atoms. The fraction of sp³-hybridized carbons (Fsp3) is 0.625. The van der Waals surface area contributed by atoms with Crippen LogP contribution in [-0.4, -0.2) is 13.6 Å². The van der Waals surface area contributed by atoms with Crippen molar-refractivity contribution in [3.63, 3.8) is 0 Å². The second-order valence-corrected chi connectivity index (χ2v) is 5.15. The molecule has 0 aliphatic carbocycles. The predicted molar refractivity (Wildman–Crippen MR) is 79.8 cm³/mol. The Balaban J connectivity index is 2.87. The molecule has 0 radical (unpaired) electrons. The van der Waals surface area contributed by atoms with E-state index in [9.17, 15) is 0 Å². The third kappa shape index (κ3) is 3.56. The van der Waals surface area contributed by atoms with E-state index in [4.69, 9.17) is 5.73 Å². The van der Waals surface area contributed by atoms with Gasteiger partial charge in [0.1, 0.15) is 0 Å². The molecule has 0 saturated carbocycles. The highest BCUT2D eigenvalue weighted by Crippen LogP contribution is 2.26. The topological polar surface area (TPSA) is 38.0 Å². The molecule has 0 bridgehead atoms. The number of hydrogen-bond donors (Lipinski definition) is 2. The Kier molecular flexibility index (Phi) is 6.37. The zero-order chi connectivity index (χ0) is 13.5. The first-order valence-electron chi connectivity index (χ1n) is 7.15. The molecule has 1 aromatic carbocycles. The number of nitrogens with one attached hydrogen (secondary N) is 1. The largest absolute Gasteiger partial charge is 0.330 e. The van der Waals surface area contributed by atoms with Crippen LogP contribution in [0.5, 0.6) is 0 Å². The van der Waals surface area contributed by atoms with Crippen molar-refractivity contribution in [2.24, 2.45) is 11.7 Å². The van der Waals surface area contributed by atoms with Crippen LogP contribution >= 0.6 is 0 Å². The van der Waals surface area contributed by atoms with Gasteiger partial charge in [0, 0.05) is 6.04 Å². The van der Waals surface area contributed by atoms with E-state index in [0.717, 1.165) is 13.0 Å². The monoisotopic (exact) mass is 248 g/mol. The van der Waals surface area contributed by atoms with Crippen LogP contribution in [-0.2, 0) is 0 Å². The average Bonchev–Trinajstić information content (AvgIpc) is 2.44. The molecule has 0 aromatic heterocycles. The summed E-state index contributed by atoms with van der Waals surface area (Å²) in [6, 6.07) is 9.39. The van der Waals surface area contributed by atoms with Gasteiger partial charge in [0.25, 0.3) is 0 Å². The van der Waals surface area contributed by atoms with Gasteiger partial charge in [-0.05, 0) is 43.0 Å². The minimum Gasteiger partial charge on any atom is -0.330 e. The summed E-state index contributed by atoms with van der Waals surface area (Å²) < 4.78 is 0. The van der Waals surface area contributed by atoms with Gasteiger partial charge in [-0.2, -0.15) is 0 Å². The minimum absolute atomic E-state index is 0.367. The maximum atomic E-state index is 5.86. The molecule has 1 aromatic rings. The molecule has 0 fully saturated rings. The molecule has 0 amide bonds. The van der Waals surface area contributed by atoms with E-state index in [1.807, 2.05) is 7.05 Å². The Morgan fingerprint density at radius 3 is 2.00 bits per heavy atom. The van der Waals surface area contributed by atoms with E-state index in [-0.39, 0.29) is 0 Å². The van der Waals surface area contributed by atoms with E-state index < -0.39 is 0 Å². The third-order valence-electron chi connectivity index (χ3n) is 4.09. The zero-order valence-electron chi connectivity index (χ0n) is 12.2. The highest BCUT2D eigenvalue weighted by molar-refractivity contribution is 5.27. The second kappa shape index (κ2) is 7.55. The van der Waals surface area contributed by atoms with Crippen molar-refractivity contribution in [2.45, 2.75) is 45.6 Å². The van der Waals surface area contributed by atoms with Crippen molar-refractivity contribution >= 4 is 0 Å². The molecular weight excluding hydrogens is 220 g/mol. The first kappa shape index (κ1) is 15.2. The normalized spacial score (nSPS) is 16.3. The van der Waals surface area contributed by atoms with E-state index in [2.05, 4.69) is 50.4 Å². The Labute approximate surface area is 112 Å². The summed E-state index contributed by atoms with van der Waals surface area (Å²) in [7, 11) is 2.02. The van der Waals surface area contributed by atoms with Gasteiger partial charge in [-0.25, -0.2) is 0 Å². The summed E-state index contributed by atoms with van der Waals surface area (Å²) in [4.78, 5) is 0. The molecule has 0 heterocycles. The number of hydrogen-bond acceptors (Lipinski definition) is 2. The van der Waals surface area contributed by atoms with Crippen molar-refractivity contribution in [1.29, 1.82) is 0 Å². The lowest BCUT2D eigenvalue weighted by atomic mass is 9.89. The zero-order valence-corrected chi connectivity index (χ0v) is 12.2. The summed E-state index contributed by atoms with van der Waals surface area (Å²) >= 11 is 0. The second-order valence-electron chi connectivity index (χ2n) is 5.15. The maximum absolute atomic E-state index is 5.86. The number of benzene rings is 1. The van der Waals surface area contributed by atoms with Crippen molar-refractivity contribution in [3.05, 3.63) is 35.4 Å².